The molecule has 0 amide bonds. The summed E-state index contributed by atoms with van der Waals surface area (Å²) in [5.41, 5.74) is -0.293. The largest absolute Gasteiger partial charge is 0.466 e. The quantitative estimate of drug-likeness (QED) is 0.621. The van der Waals surface area contributed by atoms with E-state index in [0.29, 0.717) is 19.6 Å². The number of carbonyl (C=O) groups is 1. The van der Waals surface area contributed by atoms with Gasteiger partial charge in [-0.15, -0.1) is 0 Å². The SMILES string of the molecule is CCOC(=O)CCN(C)CCC(C)(C)C#N. The Labute approximate surface area is 98.2 Å². The second-order valence-corrected chi connectivity index (χ2v) is 4.60. The standard InChI is InChI=1S/C12H22N2O2/c1-5-16-11(15)6-8-14(4)9-7-12(2,3)10-13/h5-9H2,1-4H3. The molecular weight excluding hydrogens is 204 g/mol. The number of carbonyl (C=O) groups excluding carboxylic acids is 1. The third-order valence-electron chi connectivity index (χ3n) is 2.42. The molecule has 16 heavy (non-hydrogen) atoms. The molecule has 0 atom stereocenters. The molecule has 0 saturated carbocycles. The average Bonchev–Trinajstić information content (AvgIpc) is 2.24. The molecule has 0 bridgehead atoms. The van der Waals surface area contributed by atoms with Gasteiger partial charge in [0.2, 0.25) is 0 Å². The van der Waals surface area contributed by atoms with E-state index in [2.05, 4.69) is 11.0 Å². The molecule has 0 heterocycles. The Balaban J connectivity index is 3.72. The lowest BCUT2D eigenvalue weighted by atomic mass is 9.91. The van der Waals surface area contributed by atoms with Gasteiger partial charge in [-0.25, -0.2) is 0 Å². The first-order valence-corrected chi connectivity index (χ1v) is 5.66. The lowest BCUT2D eigenvalue weighted by Gasteiger charge is -2.21. The number of esters is 1. The Kier molecular flexibility index (Phi) is 6.75. The molecule has 4 nitrogen and oxygen atoms in total. The molecule has 0 aromatic heterocycles. The molecule has 0 aromatic rings. The molecule has 0 saturated heterocycles. The highest BCUT2D eigenvalue weighted by molar-refractivity contribution is 5.69. The molecule has 92 valence electrons. The van der Waals surface area contributed by atoms with E-state index in [-0.39, 0.29) is 11.4 Å². The van der Waals surface area contributed by atoms with Gasteiger partial charge in [0.05, 0.1) is 24.5 Å². The van der Waals surface area contributed by atoms with E-state index in [1.807, 2.05) is 20.9 Å². The van der Waals surface area contributed by atoms with Crippen LogP contribution in [0.1, 0.15) is 33.6 Å². The number of hydrogen-bond acceptors (Lipinski definition) is 4. The van der Waals surface area contributed by atoms with E-state index >= 15 is 0 Å². The van der Waals surface area contributed by atoms with E-state index in [1.165, 1.54) is 0 Å². The minimum absolute atomic E-state index is 0.158. The normalized spacial score (nSPS) is 11.2. The average molecular weight is 226 g/mol. The minimum Gasteiger partial charge on any atom is -0.466 e. The van der Waals surface area contributed by atoms with Gasteiger partial charge in [0.1, 0.15) is 0 Å². The first-order chi connectivity index (χ1) is 7.41. The van der Waals surface area contributed by atoms with Gasteiger partial charge in [-0.3, -0.25) is 4.79 Å². The van der Waals surface area contributed by atoms with Crippen molar-refractivity contribution in [2.24, 2.45) is 5.41 Å². The zero-order valence-corrected chi connectivity index (χ0v) is 10.7. The van der Waals surface area contributed by atoms with E-state index in [1.54, 1.807) is 6.92 Å². The van der Waals surface area contributed by atoms with Crippen LogP contribution in [0.4, 0.5) is 0 Å². The first kappa shape index (κ1) is 14.9. The van der Waals surface area contributed by atoms with Crippen LogP contribution in [0.3, 0.4) is 0 Å². The monoisotopic (exact) mass is 226 g/mol. The van der Waals surface area contributed by atoms with Crippen LogP contribution in [0.2, 0.25) is 0 Å². The van der Waals surface area contributed by atoms with Crippen LogP contribution in [-0.4, -0.2) is 37.6 Å². The zero-order chi connectivity index (χ0) is 12.6. The van der Waals surface area contributed by atoms with E-state index in [9.17, 15) is 4.79 Å². The second kappa shape index (κ2) is 7.24. The summed E-state index contributed by atoms with van der Waals surface area (Å²) in [6, 6.07) is 2.26. The first-order valence-electron chi connectivity index (χ1n) is 5.66. The number of nitriles is 1. The molecule has 4 heteroatoms. The highest BCUT2D eigenvalue weighted by Crippen LogP contribution is 2.18. The molecule has 0 aliphatic carbocycles. The van der Waals surface area contributed by atoms with Crippen LogP contribution in [-0.2, 0) is 9.53 Å². The number of ether oxygens (including phenoxy) is 1. The van der Waals surface area contributed by atoms with Crippen molar-refractivity contribution < 1.29 is 9.53 Å². The van der Waals surface area contributed by atoms with Crippen LogP contribution in [0.5, 0.6) is 0 Å². The molecule has 0 fully saturated rings. The fraction of sp³-hybridized carbons (Fsp3) is 0.833. The number of hydrogen-bond donors (Lipinski definition) is 0. The smallest absolute Gasteiger partial charge is 0.307 e. The fourth-order valence-corrected chi connectivity index (χ4v) is 1.15. The summed E-state index contributed by atoms with van der Waals surface area (Å²) in [4.78, 5) is 13.2. The summed E-state index contributed by atoms with van der Waals surface area (Å²) in [5.74, 6) is -0.158. The van der Waals surface area contributed by atoms with Crippen LogP contribution >= 0.6 is 0 Å². The van der Waals surface area contributed by atoms with Crippen molar-refractivity contribution in [3.8, 4) is 6.07 Å². The summed E-state index contributed by atoms with van der Waals surface area (Å²) < 4.78 is 4.84. The van der Waals surface area contributed by atoms with Gasteiger partial charge < -0.3 is 9.64 Å². The summed E-state index contributed by atoms with van der Waals surface area (Å²) in [5, 5.41) is 8.85. The summed E-state index contributed by atoms with van der Waals surface area (Å²) in [7, 11) is 1.95. The van der Waals surface area contributed by atoms with Gasteiger partial charge in [-0.05, 0) is 40.8 Å². The van der Waals surface area contributed by atoms with Gasteiger partial charge in [0, 0.05) is 6.54 Å². The lowest BCUT2D eigenvalue weighted by molar-refractivity contribution is -0.143. The van der Waals surface area contributed by atoms with Crippen LogP contribution in [0, 0.1) is 16.7 Å². The van der Waals surface area contributed by atoms with Crippen molar-refractivity contribution >= 4 is 5.97 Å². The lowest BCUT2D eigenvalue weighted by Crippen LogP contribution is -2.26. The molecule has 0 aliphatic rings. The van der Waals surface area contributed by atoms with Gasteiger partial charge in [-0.1, -0.05) is 0 Å². The Morgan fingerprint density at radius 1 is 1.44 bits per heavy atom. The number of nitrogens with zero attached hydrogens (tertiary/aromatic N) is 2. The summed E-state index contributed by atoms with van der Waals surface area (Å²) >= 11 is 0. The molecule has 0 spiro atoms. The maximum absolute atomic E-state index is 11.1. The maximum atomic E-state index is 11.1. The molecule has 0 rings (SSSR count). The predicted molar refractivity (Wildman–Crippen MR) is 62.8 cm³/mol. The van der Waals surface area contributed by atoms with Crippen molar-refractivity contribution in [3.05, 3.63) is 0 Å². The summed E-state index contributed by atoms with van der Waals surface area (Å²) in [6.45, 7) is 7.58. The third-order valence-corrected chi connectivity index (χ3v) is 2.42. The molecule has 0 unspecified atom stereocenters. The Hall–Kier alpha value is -1.08. The Morgan fingerprint density at radius 3 is 2.56 bits per heavy atom. The van der Waals surface area contributed by atoms with Gasteiger partial charge in [-0.2, -0.15) is 5.26 Å². The van der Waals surface area contributed by atoms with E-state index in [4.69, 9.17) is 10.00 Å². The molecule has 0 N–H and O–H groups in total. The Bertz CT molecular complexity index is 256. The van der Waals surface area contributed by atoms with E-state index in [0.717, 1.165) is 13.0 Å². The molecule has 0 radical (unpaired) electrons. The van der Waals surface area contributed by atoms with Crippen molar-refractivity contribution in [2.45, 2.75) is 33.6 Å². The second-order valence-electron chi connectivity index (χ2n) is 4.60. The van der Waals surface area contributed by atoms with Crippen molar-refractivity contribution in [2.75, 3.05) is 26.7 Å². The fourth-order valence-electron chi connectivity index (χ4n) is 1.15. The Morgan fingerprint density at radius 2 is 2.06 bits per heavy atom. The van der Waals surface area contributed by atoms with Crippen molar-refractivity contribution in [1.82, 2.24) is 4.90 Å². The van der Waals surface area contributed by atoms with Crippen LogP contribution < -0.4 is 0 Å². The highest BCUT2D eigenvalue weighted by Gasteiger charge is 2.17. The summed E-state index contributed by atoms with van der Waals surface area (Å²) in [6.07, 6.45) is 1.22. The third kappa shape index (κ3) is 7.24. The predicted octanol–water partition coefficient (Wildman–Crippen LogP) is 1.81. The van der Waals surface area contributed by atoms with Crippen LogP contribution in [0.25, 0.3) is 0 Å². The maximum Gasteiger partial charge on any atom is 0.307 e. The van der Waals surface area contributed by atoms with Crippen molar-refractivity contribution in [1.29, 1.82) is 5.26 Å². The zero-order valence-electron chi connectivity index (χ0n) is 10.7. The van der Waals surface area contributed by atoms with E-state index < -0.39 is 0 Å². The molecular formula is C12H22N2O2. The van der Waals surface area contributed by atoms with Gasteiger partial charge in [0.15, 0.2) is 0 Å². The number of rotatable bonds is 7. The minimum atomic E-state index is -0.293. The molecule has 0 aliphatic heterocycles. The van der Waals surface area contributed by atoms with Gasteiger partial charge in [0.25, 0.3) is 0 Å². The highest BCUT2D eigenvalue weighted by atomic mass is 16.5. The van der Waals surface area contributed by atoms with Gasteiger partial charge >= 0.3 is 5.97 Å². The molecule has 0 aromatic carbocycles. The van der Waals surface area contributed by atoms with Crippen LogP contribution in [0.15, 0.2) is 0 Å². The van der Waals surface area contributed by atoms with Crippen molar-refractivity contribution in [3.63, 3.8) is 0 Å². The topological polar surface area (TPSA) is 53.3 Å².